The van der Waals surface area contributed by atoms with Crippen molar-refractivity contribution in [3.05, 3.63) is 21.9 Å². The molecule has 0 radical (unpaired) electrons. The van der Waals surface area contributed by atoms with Gasteiger partial charge >= 0.3 is 0 Å². The molecule has 2 aliphatic rings. The van der Waals surface area contributed by atoms with Crippen LogP contribution < -0.4 is 5.32 Å². The minimum Gasteiger partial charge on any atom is -0.310 e. The van der Waals surface area contributed by atoms with Crippen LogP contribution in [0.2, 0.25) is 0 Å². The van der Waals surface area contributed by atoms with Gasteiger partial charge in [-0.1, -0.05) is 6.92 Å². The molecule has 2 unspecified atom stereocenters. The maximum atomic E-state index is 3.76. The molecule has 2 atom stereocenters. The number of aryl methyl sites for hydroxylation is 1. The summed E-state index contributed by atoms with van der Waals surface area (Å²) >= 11 is 1.96. The molecule has 1 aromatic rings. The van der Waals surface area contributed by atoms with Gasteiger partial charge in [0.15, 0.2) is 0 Å². The second-order valence-electron chi connectivity index (χ2n) is 6.37. The maximum Gasteiger partial charge on any atom is 0.0360 e. The topological polar surface area (TPSA) is 15.3 Å². The molecule has 19 heavy (non-hydrogen) atoms. The van der Waals surface area contributed by atoms with Gasteiger partial charge in [-0.25, -0.2) is 0 Å². The zero-order valence-electron chi connectivity index (χ0n) is 12.2. The largest absolute Gasteiger partial charge is 0.310 e. The molecule has 1 N–H and O–H groups in total. The molecular weight excluding hydrogens is 252 g/mol. The molecule has 0 aromatic carbocycles. The summed E-state index contributed by atoms with van der Waals surface area (Å²) in [4.78, 5) is 4.40. The van der Waals surface area contributed by atoms with Gasteiger partial charge in [0.2, 0.25) is 0 Å². The Labute approximate surface area is 121 Å². The van der Waals surface area contributed by atoms with Crippen molar-refractivity contribution in [3.8, 4) is 0 Å². The lowest BCUT2D eigenvalue weighted by molar-refractivity contribution is 0.146. The molecule has 1 saturated heterocycles. The molecule has 1 fully saturated rings. The normalized spacial score (nSPS) is 32.8. The van der Waals surface area contributed by atoms with Gasteiger partial charge in [0, 0.05) is 29.5 Å². The molecule has 1 aliphatic carbocycles. The fourth-order valence-electron chi connectivity index (χ4n) is 3.60. The molecule has 2 nitrogen and oxygen atoms in total. The van der Waals surface area contributed by atoms with Gasteiger partial charge in [-0.05, 0) is 62.6 Å². The van der Waals surface area contributed by atoms with E-state index in [2.05, 4.69) is 35.5 Å². The Morgan fingerprint density at radius 1 is 1.47 bits per heavy atom. The van der Waals surface area contributed by atoms with E-state index in [4.69, 9.17) is 0 Å². The van der Waals surface area contributed by atoms with Crippen LogP contribution in [0, 0.1) is 0 Å². The standard InChI is InChI=1S/C16H26N2S/c1-3-16(2)12-18(10-5-9-17-16)14-6-4-7-15-13(14)8-11-19-15/h8,11,14,17H,3-7,9-10,12H2,1-2H3. The predicted octanol–water partition coefficient (Wildman–Crippen LogP) is 3.59. The average Bonchev–Trinajstić information content (AvgIpc) is 2.82. The van der Waals surface area contributed by atoms with Crippen LogP contribution in [0.1, 0.15) is 56.0 Å². The van der Waals surface area contributed by atoms with E-state index in [0.717, 1.165) is 0 Å². The third-order valence-corrected chi connectivity index (χ3v) is 5.96. The number of nitrogens with zero attached hydrogens (tertiary/aromatic N) is 1. The minimum atomic E-state index is 0.296. The Hall–Kier alpha value is -0.380. The van der Waals surface area contributed by atoms with E-state index in [-0.39, 0.29) is 0 Å². The first-order chi connectivity index (χ1) is 9.22. The van der Waals surface area contributed by atoms with Crippen LogP contribution in [0.15, 0.2) is 11.4 Å². The van der Waals surface area contributed by atoms with Gasteiger partial charge < -0.3 is 5.32 Å². The van der Waals surface area contributed by atoms with E-state index in [1.54, 1.807) is 10.4 Å². The van der Waals surface area contributed by atoms with E-state index in [9.17, 15) is 0 Å². The van der Waals surface area contributed by atoms with Crippen LogP contribution in [-0.2, 0) is 6.42 Å². The Kier molecular flexibility index (Phi) is 3.97. The zero-order chi connectivity index (χ0) is 13.3. The number of rotatable bonds is 2. The molecule has 2 heterocycles. The molecule has 0 spiro atoms. The summed E-state index contributed by atoms with van der Waals surface area (Å²) in [5.41, 5.74) is 1.93. The number of fused-ring (bicyclic) bond motifs is 1. The summed E-state index contributed by atoms with van der Waals surface area (Å²) in [6, 6.07) is 3.06. The summed E-state index contributed by atoms with van der Waals surface area (Å²) < 4.78 is 0. The SMILES string of the molecule is CCC1(C)CN(C2CCCc3sccc32)CCCN1. The zero-order valence-corrected chi connectivity index (χ0v) is 13.1. The highest BCUT2D eigenvalue weighted by molar-refractivity contribution is 7.10. The van der Waals surface area contributed by atoms with Crippen molar-refractivity contribution in [3.63, 3.8) is 0 Å². The number of hydrogen-bond acceptors (Lipinski definition) is 3. The molecule has 3 heteroatoms. The molecule has 1 aliphatic heterocycles. The smallest absolute Gasteiger partial charge is 0.0360 e. The van der Waals surface area contributed by atoms with Gasteiger partial charge in [0.1, 0.15) is 0 Å². The van der Waals surface area contributed by atoms with Crippen LogP contribution in [0.25, 0.3) is 0 Å². The highest BCUT2D eigenvalue weighted by atomic mass is 32.1. The Morgan fingerprint density at radius 2 is 2.37 bits per heavy atom. The lowest BCUT2D eigenvalue weighted by Gasteiger charge is -2.39. The number of nitrogens with one attached hydrogen (secondary N) is 1. The Morgan fingerprint density at radius 3 is 3.21 bits per heavy atom. The fourth-order valence-corrected chi connectivity index (χ4v) is 4.58. The van der Waals surface area contributed by atoms with Crippen molar-refractivity contribution in [2.24, 2.45) is 0 Å². The highest BCUT2D eigenvalue weighted by Crippen LogP contribution is 2.38. The van der Waals surface area contributed by atoms with Crippen LogP contribution in [0.3, 0.4) is 0 Å². The Bertz CT molecular complexity index is 428. The molecule has 1 aromatic heterocycles. The summed E-state index contributed by atoms with van der Waals surface area (Å²) in [7, 11) is 0. The molecular formula is C16H26N2S. The van der Waals surface area contributed by atoms with Crippen molar-refractivity contribution in [2.45, 2.75) is 57.5 Å². The summed E-state index contributed by atoms with van der Waals surface area (Å²) in [6.07, 6.45) is 6.52. The van der Waals surface area contributed by atoms with Crippen LogP contribution in [0.5, 0.6) is 0 Å². The van der Waals surface area contributed by atoms with Crippen LogP contribution in [0.4, 0.5) is 0 Å². The molecule has 3 rings (SSSR count). The monoisotopic (exact) mass is 278 g/mol. The average molecular weight is 278 g/mol. The van der Waals surface area contributed by atoms with Crippen molar-refractivity contribution < 1.29 is 0 Å². The van der Waals surface area contributed by atoms with E-state index in [0.29, 0.717) is 11.6 Å². The molecule has 0 bridgehead atoms. The van der Waals surface area contributed by atoms with Gasteiger partial charge in [0.05, 0.1) is 0 Å². The quantitative estimate of drug-likeness (QED) is 0.889. The van der Waals surface area contributed by atoms with E-state index in [1.807, 2.05) is 11.3 Å². The van der Waals surface area contributed by atoms with Crippen molar-refractivity contribution in [2.75, 3.05) is 19.6 Å². The van der Waals surface area contributed by atoms with Crippen molar-refractivity contribution in [1.82, 2.24) is 10.2 Å². The molecule has 0 amide bonds. The van der Waals surface area contributed by atoms with Gasteiger partial charge in [-0.3, -0.25) is 4.90 Å². The Balaban J connectivity index is 1.82. The van der Waals surface area contributed by atoms with Gasteiger partial charge in [-0.15, -0.1) is 11.3 Å². The third kappa shape index (κ3) is 2.74. The highest BCUT2D eigenvalue weighted by Gasteiger charge is 2.33. The van der Waals surface area contributed by atoms with E-state index >= 15 is 0 Å². The first-order valence-corrected chi connectivity index (χ1v) is 8.65. The van der Waals surface area contributed by atoms with Gasteiger partial charge in [0.25, 0.3) is 0 Å². The second kappa shape index (κ2) is 5.55. The van der Waals surface area contributed by atoms with Crippen LogP contribution in [-0.4, -0.2) is 30.1 Å². The lowest BCUT2D eigenvalue weighted by Crippen LogP contribution is -2.49. The predicted molar refractivity (Wildman–Crippen MR) is 82.9 cm³/mol. The van der Waals surface area contributed by atoms with Gasteiger partial charge in [-0.2, -0.15) is 0 Å². The molecule has 106 valence electrons. The number of thiophene rings is 1. The summed E-state index contributed by atoms with van der Waals surface area (Å²) in [5.74, 6) is 0. The minimum absolute atomic E-state index is 0.296. The lowest BCUT2D eigenvalue weighted by atomic mass is 9.90. The maximum absolute atomic E-state index is 3.76. The number of hydrogen-bond donors (Lipinski definition) is 1. The summed E-state index contributed by atoms with van der Waals surface area (Å²) in [5, 5.41) is 6.05. The van der Waals surface area contributed by atoms with Crippen LogP contribution >= 0.6 is 11.3 Å². The third-order valence-electron chi connectivity index (χ3n) is 4.97. The van der Waals surface area contributed by atoms with Crippen molar-refractivity contribution >= 4 is 11.3 Å². The first kappa shape index (κ1) is 13.6. The second-order valence-corrected chi connectivity index (χ2v) is 7.37. The van der Waals surface area contributed by atoms with E-state index in [1.165, 1.54) is 51.7 Å². The summed E-state index contributed by atoms with van der Waals surface area (Å²) in [6.45, 7) is 8.33. The van der Waals surface area contributed by atoms with Crippen molar-refractivity contribution in [1.29, 1.82) is 0 Å². The van der Waals surface area contributed by atoms with E-state index < -0.39 is 0 Å². The fraction of sp³-hybridized carbons (Fsp3) is 0.750. The molecule has 0 saturated carbocycles. The first-order valence-electron chi connectivity index (χ1n) is 7.77.